The molecule has 2 fully saturated rings. The van der Waals surface area contributed by atoms with Gasteiger partial charge >= 0.3 is 0 Å². The molecule has 3 atom stereocenters. The summed E-state index contributed by atoms with van der Waals surface area (Å²) in [4.78, 5) is 16.6. The van der Waals surface area contributed by atoms with Crippen LogP contribution in [-0.4, -0.2) is 54.5 Å². The van der Waals surface area contributed by atoms with Crippen LogP contribution in [0.4, 0.5) is 13.2 Å². The number of nitrogens with zero attached hydrogens (tertiary/aromatic N) is 2. The molecule has 0 aromatic heterocycles. The minimum atomic E-state index is -1.23. The van der Waals surface area contributed by atoms with Crippen molar-refractivity contribution in [2.75, 3.05) is 26.7 Å². The van der Waals surface area contributed by atoms with E-state index in [4.69, 9.17) is 5.73 Å². The van der Waals surface area contributed by atoms with Crippen molar-refractivity contribution < 1.29 is 18.0 Å². The Balaban J connectivity index is 1.60. The van der Waals surface area contributed by atoms with Gasteiger partial charge in [-0.2, -0.15) is 0 Å². The first-order valence-corrected chi connectivity index (χ1v) is 8.22. The van der Waals surface area contributed by atoms with E-state index in [2.05, 4.69) is 4.90 Å². The Labute approximate surface area is 139 Å². The number of hydrogen-bond donors (Lipinski definition) is 1. The van der Waals surface area contributed by atoms with Gasteiger partial charge in [-0.05, 0) is 37.4 Å². The summed E-state index contributed by atoms with van der Waals surface area (Å²) in [7, 11) is 2.04. The van der Waals surface area contributed by atoms with E-state index in [9.17, 15) is 18.0 Å². The Morgan fingerprint density at radius 1 is 1.25 bits per heavy atom. The van der Waals surface area contributed by atoms with Crippen molar-refractivity contribution in [1.82, 2.24) is 9.80 Å². The fraction of sp³-hybridized carbons (Fsp3) is 0.588. The highest BCUT2D eigenvalue weighted by Crippen LogP contribution is 2.31. The Morgan fingerprint density at radius 3 is 2.71 bits per heavy atom. The zero-order chi connectivity index (χ0) is 17.4. The van der Waals surface area contributed by atoms with E-state index in [-0.39, 0.29) is 30.4 Å². The number of carbonyl (C=O) groups excluding carboxylic acids is 1. The monoisotopic (exact) mass is 341 g/mol. The Bertz CT molecular complexity index is 640. The fourth-order valence-electron chi connectivity index (χ4n) is 3.90. The van der Waals surface area contributed by atoms with Crippen LogP contribution in [0.2, 0.25) is 0 Å². The van der Waals surface area contributed by atoms with Gasteiger partial charge in [-0.15, -0.1) is 0 Å². The third-order valence-corrected chi connectivity index (χ3v) is 5.06. The van der Waals surface area contributed by atoms with Crippen LogP contribution < -0.4 is 5.73 Å². The van der Waals surface area contributed by atoms with Crippen molar-refractivity contribution in [1.29, 1.82) is 0 Å². The zero-order valence-electron chi connectivity index (χ0n) is 13.6. The van der Waals surface area contributed by atoms with E-state index in [1.54, 1.807) is 0 Å². The van der Waals surface area contributed by atoms with Gasteiger partial charge in [-0.25, -0.2) is 13.2 Å². The molecule has 2 heterocycles. The average Bonchev–Trinajstić information content (AvgIpc) is 3.03. The van der Waals surface area contributed by atoms with Gasteiger partial charge in [0, 0.05) is 44.2 Å². The number of likely N-dealkylation sites (N-methyl/N-ethyl adjacent to an activating group) is 1. The lowest BCUT2D eigenvalue weighted by atomic mass is 10.0. The van der Waals surface area contributed by atoms with Crippen LogP contribution in [0.25, 0.3) is 0 Å². The van der Waals surface area contributed by atoms with Gasteiger partial charge in [0.1, 0.15) is 5.82 Å². The highest BCUT2D eigenvalue weighted by Gasteiger charge is 2.42. The molecule has 7 heteroatoms. The first-order valence-electron chi connectivity index (χ1n) is 8.22. The standard InChI is InChI=1S/C17H22F3N3O/c1-22-8-10-2-3-23(16(10)9-22)17(24)6-12(21)4-11-5-14(19)15(20)7-13(11)18/h5,7,10,12,16H,2-4,6,8-9,21H2,1H3/t10-,12+,16+/m0/s1. The number of amides is 1. The molecular weight excluding hydrogens is 319 g/mol. The number of hydrogen-bond acceptors (Lipinski definition) is 3. The number of nitrogens with two attached hydrogens (primary N) is 1. The molecule has 1 aromatic carbocycles. The molecule has 1 amide bonds. The molecule has 4 nitrogen and oxygen atoms in total. The molecule has 24 heavy (non-hydrogen) atoms. The Kier molecular flexibility index (Phi) is 4.83. The molecule has 0 spiro atoms. The SMILES string of the molecule is CN1C[C@@H]2CCN(C(=O)C[C@H](N)Cc3cc(F)c(F)cc3F)[C@@H]2C1. The van der Waals surface area contributed by atoms with E-state index in [1.165, 1.54) is 0 Å². The molecule has 0 saturated carbocycles. The predicted octanol–water partition coefficient (Wildman–Crippen LogP) is 1.53. The molecular formula is C17H22F3N3O. The van der Waals surface area contributed by atoms with Gasteiger partial charge in [0.25, 0.3) is 0 Å². The van der Waals surface area contributed by atoms with Gasteiger partial charge in [-0.1, -0.05) is 0 Å². The van der Waals surface area contributed by atoms with Crippen molar-refractivity contribution in [3.05, 3.63) is 35.1 Å². The van der Waals surface area contributed by atoms with Crippen LogP contribution in [0.5, 0.6) is 0 Å². The number of benzene rings is 1. The average molecular weight is 341 g/mol. The number of halogens is 3. The summed E-state index contributed by atoms with van der Waals surface area (Å²) in [6.07, 6.45) is 1.07. The van der Waals surface area contributed by atoms with E-state index in [1.807, 2.05) is 11.9 Å². The smallest absolute Gasteiger partial charge is 0.224 e. The third kappa shape index (κ3) is 3.42. The summed E-state index contributed by atoms with van der Waals surface area (Å²) >= 11 is 0. The molecule has 0 bridgehead atoms. The van der Waals surface area contributed by atoms with E-state index in [0.717, 1.165) is 32.1 Å². The van der Waals surface area contributed by atoms with Gasteiger partial charge < -0.3 is 15.5 Å². The molecule has 2 aliphatic heterocycles. The van der Waals surface area contributed by atoms with Crippen molar-refractivity contribution in [2.24, 2.45) is 11.7 Å². The molecule has 1 aromatic rings. The highest BCUT2D eigenvalue weighted by atomic mass is 19.2. The summed E-state index contributed by atoms with van der Waals surface area (Å²) in [5, 5.41) is 0. The van der Waals surface area contributed by atoms with E-state index >= 15 is 0 Å². The van der Waals surface area contributed by atoms with Crippen LogP contribution in [-0.2, 0) is 11.2 Å². The van der Waals surface area contributed by atoms with Crippen molar-refractivity contribution in [3.8, 4) is 0 Å². The lowest BCUT2D eigenvalue weighted by Gasteiger charge is -2.25. The van der Waals surface area contributed by atoms with Crippen LogP contribution in [0.1, 0.15) is 18.4 Å². The van der Waals surface area contributed by atoms with Gasteiger partial charge in [0.05, 0.1) is 0 Å². The maximum atomic E-state index is 13.7. The van der Waals surface area contributed by atoms with Crippen molar-refractivity contribution >= 4 is 5.91 Å². The van der Waals surface area contributed by atoms with Crippen LogP contribution in [0.3, 0.4) is 0 Å². The molecule has 2 N–H and O–H groups in total. The maximum Gasteiger partial charge on any atom is 0.224 e. The van der Waals surface area contributed by atoms with Crippen LogP contribution >= 0.6 is 0 Å². The first kappa shape index (κ1) is 17.2. The molecule has 132 valence electrons. The second kappa shape index (κ2) is 6.72. The fourth-order valence-corrected chi connectivity index (χ4v) is 3.90. The van der Waals surface area contributed by atoms with Gasteiger partial charge in [0.2, 0.25) is 5.91 Å². The second-order valence-electron chi connectivity index (χ2n) is 6.95. The lowest BCUT2D eigenvalue weighted by Crippen LogP contribution is -2.42. The van der Waals surface area contributed by atoms with Gasteiger partial charge in [0.15, 0.2) is 11.6 Å². The molecule has 0 radical (unpaired) electrons. The van der Waals surface area contributed by atoms with Crippen molar-refractivity contribution in [2.45, 2.75) is 31.3 Å². The maximum absolute atomic E-state index is 13.7. The third-order valence-electron chi connectivity index (χ3n) is 5.06. The predicted molar refractivity (Wildman–Crippen MR) is 83.7 cm³/mol. The minimum absolute atomic E-state index is 0.00336. The number of fused-ring (bicyclic) bond motifs is 1. The van der Waals surface area contributed by atoms with E-state index < -0.39 is 23.5 Å². The summed E-state index contributed by atoms with van der Waals surface area (Å²) in [5.41, 5.74) is 5.95. The highest BCUT2D eigenvalue weighted by molar-refractivity contribution is 5.77. The number of carbonyl (C=O) groups is 1. The summed E-state index contributed by atoms with van der Waals surface area (Å²) in [6.45, 7) is 2.60. The number of likely N-dealkylation sites (tertiary alicyclic amines) is 2. The topological polar surface area (TPSA) is 49.6 Å². The van der Waals surface area contributed by atoms with Gasteiger partial charge in [-0.3, -0.25) is 4.79 Å². The molecule has 2 saturated heterocycles. The molecule has 0 aliphatic carbocycles. The first-order chi connectivity index (χ1) is 11.3. The Morgan fingerprint density at radius 2 is 1.96 bits per heavy atom. The number of rotatable bonds is 4. The second-order valence-corrected chi connectivity index (χ2v) is 6.95. The van der Waals surface area contributed by atoms with E-state index in [0.29, 0.717) is 12.0 Å². The summed E-state index contributed by atoms with van der Waals surface area (Å²) in [6, 6.07) is 0.926. The largest absolute Gasteiger partial charge is 0.338 e. The Hall–Kier alpha value is -1.60. The molecule has 0 unspecified atom stereocenters. The van der Waals surface area contributed by atoms with Crippen molar-refractivity contribution in [3.63, 3.8) is 0 Å². The normalized spacial score (nSPS) is 25.1. The quantitative estimate of drug-likeness (QED) is 0.845. The summed E-state index contributed by atoms with van der Waals surface area (Å²) < 4.78 is 39.9. The molecule has 2 aliphatic rings. The van der Waals surface area contributed by atoms with Crippen LogP contribution in [0.15, 0.2) is 12.1 Å². The minimum Gasteiger partial charge on any atom is -0.338 e. The lowest BCUT2D eigenvalue weighted by molar-refractivity contribution is -0.132. The zero-order valence-corrected chi connectivity index (χ0v) is 13.6. The summed E-state index contributed by atoms with van der Waals surface area (Å²) in [5.74, 6) is -2.71. The molecule has 3 rings (SSSR count). The van der Waals surface area contributed by atoms with Crippen LogP contribution in [0, 0.1) is 23.4 Å².